The molecule has 1 rings (SSSR count). The molecule has 0 saturated heterocycles. The van der Waals surface area contributed by atoms with Crippen molar-refractivity contribution in [2.75, 3.05) is 13.7 Å². The number of hydrogen-bond donors (Lipinski definition) is 2. The van der Waals surface area contributed by atoms with Crippen LogP contribution in [0.25, 0.3) is 0 Å². The van der Waals surface area contributed by atoms with E-state index in [9.17, 15) is 9.90 Å². The van der Waals surface area contributed by atoms with E-state index in [1.165, 1.54) is 0 Å². The maximum absolute atomic E-state index is 11.5. The molecule has 0 radical (unpaired) electrons. The molecule has 0 bridgehead atoms. The van der Waals surface area contributed by atoms with Gasteiger partial charge in [-0.15, -0.1) is 0 Å². The Bertz CT molecular complexity index is 379. The summed E-state index contributed by atoms with van der Waals surface area (Å²) in [7, 11) is 1.62. The number of aliphatic hydroxyl groups excluding tert-OH is 1. The molecule has 0 aliphatic carbocycles. The fourth-order valence-electron chi connectivity index (χ4n) is 1.55. The van der Waals surface area contributed by atoms with Crippen LogP contribution in [0, 0.1) is 0 Å². The highest BCUT2D eigenvalue weighted by Crippen LogP contribution is 2.13. The lowest BCUT2D eigenvalue weighted by molar-refractivity contribution is -0.121. The third kappa shape index (κ3) is 5.19. The van der Waals surface area contributed by atoms with Crippen LogP contribution in [0.5, 0.6) is 5.75 Å². The first-order chi connectivity index (χ1) is 8.65. The molecule has 0 aromatic heterocycles. The predicted molar refractivity (Wildman–Crippen MR) is 70.6 cm³/mol. The molecule has 4 nitrogen and oxygen atoms in total. The molecule has 0 saturated carbocycles. The van der Waals surface area contributed by atoms with Crippen molar-refractivity contribution in [3.63, 3.8) is 0 Å². The second-order valence-electron chi connectivity index (χ2n) is 4.22. The van der Waals surface area contributed by atoms with E-state index in [-0.39, 0.29) is 5.91 Å². The fourth-order valence-corrected chi connectivity index (χ4v) is 1.55. The molecule has 0 heterocycles. The smallest absolute Gasteiger partial charge is 0.220 e. The van der Waals surface area contributed by atoms with Crippen molar-refractivity contribution in [2.24, 2.45) is 0 Å². The summed E-state index contributed by atoms with van der Waals surface area (Å²) in [5, 5.41) is 12.0. The highest BCUT2D eigenvalue weighted by atomic mass is 16.5. The number of amides is 1. The average molecular weight is 251 g/mol. The quantitative estimate of drug-likeness (QED) is 0.772. The van der Waals surface area contributed by atoms with Crippen LogP contribution >= 0.6 is 0 Å². The van der Waals surface area contributed by atoms with Gasteiger partial charge in [0.15, 0.2) is 0 Å². The zero-order valence-electron chi connectivity index (χ0n) is 11.0. The summed E-state index contributed by atoms with van der Waals surface area (Å²) >= 11 is 0. The summed E-state index contributed by atoms with van der Waals surface area (Å²) < 4.78 is 5.12. The summed E-state index contributed by atoms with van der Waals surface area (Å²) in [5.41, 5.74) is 1.07. The van der Waals surface area contributed by atoms with E-state index < -0.39 is 6.10 Å². The molecule has 18 heavy (non-hydrogen) atoms. The SMILES string of the molecule is CCC(O)CNC(=O)CCc1cccc(OC)c1. The van der Waals surface area contributed by atoms with Crippen LogP contribution < -0.4 is 10.1 Å². The van der Waals surface area contributed by atoms with E-state index in [0.29, 0.717) is 25.8 Å². The summed E-state index contributed by atoms with van der Waals surface area (Å²) in [6.07, 6.45) is 1.29. The van der Waals surface area contributed by atoms with Crippen LogP contribution in [0.4, 0.5) is 0 Å². The van der Waals surface area contributed by atoms with Crippen molar-refractivity contribution in [2.45, 2.75) is 32.3 Å². The molecule has 0 aliphatic heterocycles. The number of methoxy groups -OCH3 is 1. The Labute approximate surface area is 108 Å². The van der Waals surface area contributed by atoms with Crippen molar-refractivity contribution < 1.29 is 14.6 Å². The molecule has 1 aromatic carbocycles. The Morgan fingerprint density at radius 1 is 1.50 bits per heavy atom. The normalized spacial score (nSPS) is 11.9. The van der Waals surface area contributed by atoms with Crippen LogP contribution in [0.15, 0.2) is 24.3 Å². The Hall–Kier alpha value is -1.55. The van der Waals surface area contributed by atoms with E-state index in [4.69, 9.17) is 4.74 Å². The molecular formula is C14H21NO3. The van der Waals surface area contributed by atoms with Crippen LogP contribution in [0.2, 0.25) is 0 Å². The van der Waals surface area contributed by atoms with Crippen LogP contribution in [-0.2, 0) is 11.2 Å². The number of hydrogen-bond acceptors (Lipinski definition) is 3. The minimum Gasteiger partial charge on any atom is -0.497 e. The Morgan fingerprint density at radius 3 is 2.94 bits per heavy atom. The monoisotopic (exact) mass is 251 g/mol. The molecule has 100 valence electrons. The van der Waals surface area contributed by atoms with E-state index in [0.717, 1.165) is 11.3 Å². The highest BCUT2D eigenvalue weighted by molar-refractivity contribution is 5.76. The lowest BCUT2D eigenvalue weighted by atomic mass is 10.1. The molecule has 4 heteroatoms. The molecule has 0 spiro atoms. The standard InChI is InChI=1S/C14H21NO3/c1-3-12(16)10-15-14(17)8-7-11-5-4-6-13(9-11)18-2/h4-6,9,12,16H,3,7-8,10H2,1-2H3,(H,15,17). The summed E-state index contributed by atoms with van der Waals surface area (Å²) in [5.74, 6) is 0.764. The molecule has 2 N–H and O–H groups in total. The molecular weight excluding hydrogens is 230 g/mol. The van der Waals surface area contributed by atoms with Crippen molar-refractivity contribution in [1.82, 2.24) is 5.32 Å². The number of carbonyl (C=O) groups is 1. The molecule has 0 aliphatic rings. The zero-order valence-corrected chi connectivity index (χ0v) is 11.0. The molecule has 1 amide bonds. The van der Waals surface area contributed by atoms with Gasteiger partial charge in [0.05, 0.1) is 13.2 Å². The third-order valence-electron chi connectivity index (χ3n) is 2.78. The first-order valence-electron chi connectivity index (χ1n) is 6.23. The topological polar surface area (TPSA) is 58.6 Å². The van der Waals surface area contributed by atoms with E-state index in [1.807, 2.05) is 31.2 Å². The lowest BCUT2D eigenvalue weighted by Gasteiger charge is -2.09. The van der Waals surface area contributed by atoms with Gasteiger partial charge in [-0.3, -0.25) is 4.79 Å². The Kier molecular flexibility index (Phi) is 6.22. The van der Waals surface area contributed by atoms with Crippen molar-refractivity contribution in [3.05, 3.63) is 29.8 Å². The number of benzene rings is 1. The Morgan fingerprint density at radius 2 is 2.28 bits per heavy atom. The van der Waals surface area contributed by atoms with Crippen molar-refractivity contribution in [1.29, 1.82) is 0 Å². The van der Waals surface area contributed by atoms with Crippen molar-refractivity contribution in [3.8, 4) is 5.75 Å². The summed E-state index contributed by atoms with van der Waals surface area (Å²) in [4.78, 5) is 11.5. The van der Waals surface area contributed by atoms with Gasteiger partial charge in [-0.05, 0) is 30.5 Å². The molecule has 1 unspecified atom stereocenters. The third-order valence-corrected chi connectivity index (χ3v) is 2.78. The zero-order chi connectivity index (χ0) is 13.4. The van der Waals surface area contributed by atoms with Gasteiger partial charge in [-0.1, -0.05) is 19.1 Å². The minimum atomic E-state index is -0.453. The summed E-state index contributed by atoms with van der Waals surface area (Å²) in [6.45, 7) is 2.21. The number of rotatable bonds is 7. The number of aryl methyl sites for hydroxylation is 1. The van der Waals surface area contributed by atoms with Gasteiger partial charge in [-0.2, -0.15) is 0 Å². The number of aliphatic hydroxyl groups is 1. The van der Waals surface area contributed by atoms with Gasteiger partial charge in [0.1, 0.15) is 5.75 Å². The maximum Gasteiger partial charge on any atom is 0.220 e. The number of nitrogens with one attached hydrogen (secondary N) is 1. The van der Waals surface area contributed by atoms with Gasteiger partial charge in [0, 0.05) is 13.0 Å². The number of carbonyl (C=O) groups excluding carboxylic acids is 1. The van der Waals surface area contributed by atoms with Gasteiger partial charge in [-0.25, -0.2) is 0 Å². The average Bonchev–Trinajstić information content (AvgIpc) is 2.42. The lowest BCUT2D eigenvalue weighted by Crippen LogP contribution is -2.31. The van der Waals surface area contributed by atoms with Gasteiger partial charge >= 0.3 is 0 Å². The Balaban J connectivity index is 2.33. The maximum atomic E-state index is 11.5. The first-order valence-corrected chi connectivity index (χ1v) is 6.23. The van der Waals surface area contributed by atoms with Crippen molar-refractivity contribution >= 4 is 5.91 Å². The molecule has 1 aromatic rings. The van der Waals surface area contributed by atoms with E-state index >= 15 is 0 Å². The molecule has 0 fully saturated rings. The molecule has 1 atom stereocenters. The number of ether oxygens (including phenoxy) is 1. The first kappa shape index (κ1) is 14.5. The van der Waals surface area contributed by atoms with Gasteiger partial charge in [0.25, 0.3) is 0 Å². The van der Waals surface area contributed by atoms with Crippen LogP contribution in [0.3, 0.4) is 0 Å². The van der Waals surface area contributed by atoms with E-state index in [2.05, 4.69) is 5.32 Å². The second kappa shape index (κ2) is 7.71. The van der Waals surface area contributed by atoms with Gasteiger partial charge in [0.2, 0.25) is 5.91 Å². The van der Waals surface area contributed by atoms with Crippen LogP contribution in [0.1, 0.15) is 25.3 Å². The summed E-state index contributed by atoms with van der Waals surface area (Å²) in [6, 6.07) is 7.68. The largest absolute Gasteiger partial charge is 0.497 e. The van der Waals surface area contributed by atoms with Gasteiger partial charge < -0.3 is 15.2 Å². The van der Waals surface area contributed by atoms with E-state index in [1.54, 1.807) is 7.11 Å². The predicted octanol–water partition coefficient (Wildman–Crippen LogP) is 1.51. The van der Waals surface area contributed by atoms with Crippen LogP contribution in [-0.4, -0.2) is 30.8 Å². The highest BCUT2D eigenvalue weighted by Gasteiger charge is 2.05. The second-order valence-corrected chi connectivity index (χ2v) is 4.22. The fraction of sp³-hybridized carbons (Fsp3) is 0.500. The minimum absolute atomic E-state index is 0.0367.